The van der Waals surface area contributed by atoms with Crippen molar-refractivity contribution in [3.8, 4) is 0 Å². The third-order valence-electron chi connectivity index (χ3n) is 4.36. The molecule has 0 aliphatic carbocycles. The standard InChI is InChI=1S/C22H26F3NO2/c1-14(2)18-6-5-7-19(15(3)4)20(18)26-21(27)17-10-8-16(9-11-17)12-28-13-22(23,24)25/h5-11,14-15H,12-13H2,1-4H3,(H,26,27). The van der Waals surface area contributed by atoms with Crippen molar-refractivity contribution in [3.63, 3.8) is 0 Å². The molecule has 2 aromatic carbocycles. The van der Waals surface area contributed by atoms with Crippen LogP contribution in [-0.2, 0) is 11.3 Å². The number of benzene rings is 2. The van der Waals surface area contributed by atoms with Crippen LogP contribution in [0.2, 0.25) is 0 Å². The van der Waals surface area contributed by atoms with Gasteiger partial charge in [0.2, 0.25) is 0 Å². The number of halogens is 3. The highest BCUT2D eigenvalue weighted by Crippen LogP contribution is 2.32. The molecule has 0 aliphatic heterocycles. The number of carbonyl (C=O) groups excluding carboxylic acids is 1. The molecule has 0 aliphatic rings. The Bertz CT molecular complexity index is 770. The fourth-order valence-electron chi connectivity index (χ4n) is 2.92. The molecular formula is C22H26F3NO2. The summed E-state index contributed by atoms with van der Waals surface area (Å²) in [6, 6.07) is 12.4. The number of nitrogens with one attached hydrogen (secondary N) is 1. The number of para-hydroxylation sites is 1. The Labute approximate surface area is 163 Å². The molecular weight excluding hydrogens is 367 g/mol. The Morgan fingerprint density at radius 3 is 1.96 bits per heavy atom. The summed E-state index contributed by atoms with van der Waals surface area (Å²) in [6.07, 6.45) is -4.35. The van der Waals surface area contributed by atoms with Crippen molar-refractivity contribution in [1.29, 1.82) is 0 Å². The second-order valence-corrected chi connectivity index (χ2v) is 7.38. The molecule has 0 fully saturated rings. The zero-order valence-electron chi connectivity index (χ0n) is 16.6. The van der Waals surface area contributed by atoms with Gasteiger partial charge in [-0.1, -0.05) is 58.0 Å². The van der Waals surface area contributed by atoms with Crippen molar-refractivity contribution in [2.24, 2.45) is 0 Å². The van der Waals surface area contributed by atoms with Crippen LogP contribution in [0.4, 0.5) is 18.9 Å². The number of amides is 1. The van der Waals surface area contributed by atoms with Crippen LogP contribution in [0, 0.1) is 0 Å². The third-order valence-corrected chi connectivity index (χ3v) is 4.36. The molecule has 0 radical (unpaired) electrons. The molecule has 2 rings (SSSR count). The summed E-state index contributed by atoms with van der Waals surface area (Å²) in [5.74, 6) is 0.252. The van der Waals surface area contributed by atoms with Crippen molar-refractivity contribution in [1.82, 2.24) is 0 Å². The minimum Gasteiger partial charge on any atom is -0.367 e. The van der Waals surface area contributed by atoms with Gasteiger partial charge in [0, 0.05) is 11.3 Å². The molecule has 0 aromatic heterocycles. The van der Waals surface area contributed by atoms with E-state index in [4.69, 9.17) is 0 Å². The van der Waals surface area contributed by atoms with Crippen LogP contribution in [0.5, 0.6) is 0 Å². The molecule has 0 saturated carbocycles. The van der Waals surface area contributed by atoms with E-state index in [1.165, 1.54) is 0 Å². The maximum Gasteiger partial charge on any atom is 0.411 e. The minimum absolute atomic E-state index is 0.158. The predicted octanol–water partition coefficient (Wildman–Crippen LogP) is 6.26. The summed E-state index contributed by atoms with van der Waals surface area (Å²) in [5.41, 5.74) is 3.97. The molecule has 6 heteroatoms. The first-order chi connectivity index (χ1) is 13.1. The number of alkyl halides is 3. The van der Waals surface area contributed by atoms with E-state index in [0.29, 0.717) is 11.1 Å². The van der Waals surface area contributed by atoms with E-state index in [1.807, 2.05) is 18.2 Å². The van der Waals surface area contributed by atoms with E-state index in [-0.39, 0.29) is 24.3 Å². The Balaban J connectivity index is 2.13. The van der Waals surface area contributed by atoms with Crippen LogP contribution in [0.1, 0.15) is 66.6 Å². The van der Waals surface area contributed by atoms with Gasteiger partial charge in [0.25, 0.3) is 5.91 Å². The van der Waals surface area contributed by atoms with Gasteiger partial charge in [-0.15, -0.1) is 0 Å². The molecule has 0 unspecified atom stereocenters. The Morgan fingerprint density at radius 1 is 0.964 bits per heavy atom. The van der Waals surface area contributed by atoms with Gasteiger partial charge in [-0.3, -0.25) is 4.79 Å². The maximum atomic E-state index is 12.7. The lowest BCUT2D eigenvalue weighted by Gasteiger charge is -2.20. The molecule has 1 N–H and O–H groups in total. The number of hydrogen-bond donors (Lipinski definition) is 1. The number of rotatable bonds is 7. The minimum atomic E-state index is -4.35. The summed E-state index contributed by atoms with van der Waals surface area (Å²) < 4.78 is 41.0. The van der Waals surface area contributed by atoms with Crippen molar-refractivity contribution in [3.05, 3.63) is 64.7 Å². The summed E-state index contributed by atoms with van der Waals surface area (Å²) in [5, 5.41) is 3.02. The highest BCUT2D eigenvalue weighted by atomic mass is 19.4. The largest absolute Gasteiger partial charge is 0.411 e. The van der Waals surface area contributed by atoms with Gasteiger partial charge in [0.05, 0.1) is 6.61 Å². The van der Waals surface area contributed by atoms with Crippen molar-refractivity contribution < 1.29 is 22.7 Å². The third kappa shape index (κ3) is 6.09. The van der Waals surface area contributed by atoms with Crippen LogP contribution in [-0.4, -0.2) is 18.7 Å². The van der Waals surface area contributed by atoms with Gasteiger partial charge in [0.1, 0.15) is 6.61 Å². The maximum absolute atomic E-state index is 12.7. The predicted molar refractivity (Wildman–Crippen MR) is 105 cm³/mol. The molecule has 2 aromatic rings. The smallest absolute Gasteiger partial charge is 0.367 e. The van der Waals surface area contributed by atoms with Crippen molar-refractivity contribution in [2.45, 2.75) is 52.3 Å². The molecule has 0 saturated heterocycles. The van der Waals surface area contributed by atoms with E-state index in [9.17, 15) is 18.0 Å². The summed E-state index contributed by atoms with van der Waals surface area (Å²) >= 11 is 0. The van der Waals surface area contributed by atoms with E-state index in [1.54, 1.807) is 24.3 Å². The number of ether oxygens (including phenoxy) is 1. The molecule has 0 atom stereocenters. The van der Waals surface area contributed by atoms with Gasteiger partial charge in [0.15, 0.2) is 0 Å². The number of carbonyl (C=O) groups is 1. The summed E-state index contributed by atoms with van der Waals surface area (Å²) in [6.45, 7) is 6.85. The first kappa shape index (κ1) is 22.0. The highest BCUT2D eigenvalue weighted by molar-refractivity contribution is 6.05. The zero-order valence-corrected chi connectivity index (χ0v) is 16.6. The monoisotopic (exact) mass is 393 g/mol. The lowest BCUT2D eigenvalue weighted by Crippen LogP contribution is -2.17. The first-order valence-corrected chi connectivity index (χ1v) is 9.26. The SMILES string of the molecule is CC(C)c1cccc(C(C)C)c1NC(=O)c1ccc(COCC(F)(F)F)cc1. The van der Waals surface area contributed by atoms with Gasteiger partial charge in [-0.25, -0.2) is 0 Å². The van der Waals surface area contributed by atoms with E-state index in [2.05, 4.69) is 37.7 Å². The average molecular weight is 393 g/mol. The molecule has 0 bridgehead atoms. The Kier molecular flexibility index (Phi) is 7.24. The van der Waals surface area contributed by atoms with Crippen molar-refractivity contribution in [2.75, 3.05) is 11.9 Å². The molecule has 3 nitrogen and oxygen atoms in total. The molecule has 1 amide bonds. The molecule has 28 heavy (non-hydrogen) atoms. The second kappa shape index (κ2) is 9.24. The fourth-order valence-corrected chi connectivity index (χ4v) is 2.92. The van der Waals surface area contributed by atoms with E-state index in [0.717, 1.165) is 16.8 Å². The first-order valence-electron chi connectivity index (χ1n) is 9.26. The number of hydrogen-bond acceptors (Lipinski definition) is 2. The van der Waals surface area contributed by atoms with E-state index >= 15 is 0 Å². The lowest BCUT2D eigenvalue weighted by atomic mass is 9.92. The second-order valence-electron chi connectivity index (χ2n) is 7.38. The van der Waals surface area contributed by atoms with Crippen molar-refractivity contribution >= 4 is 11.6 Å². The van der Waals surface area contributed by atoms with Crippen LogP contribution in [0.25, 0.3) is 0 Å². The quantitative estimate of drug-likeness (QED) is 0.602. The van der Waals surface area contributed by atoms with E-state index < -0.39 is 12.8 Å². The molecule has 0 heterocycles. The summed E-state index contributed by atoms with van der Waals surface area (Å²) in [4.78, 5) is 12.7. The van der Waals surface area contributed by atoms with Gasteiger partial charge in [-0.05, 0) is 40.7 Å². The highest BCUT2D eigenvalue weighted by Gasteiger charge is 2.27. The van der Waals surface area contributed by atoms with Gasteiger partial charge in [-0.2, -0.15) is 13.2 Å². The van der Waals surface area contributed by atoms with Gasteiger partial charge >= 0.3 is 6.18 Å². The Hall–Kier alpha value is -2.34. The van der Waals surface area contributed by atoms with Gasteiger partial charge < -0.3 is 10.1 Å². The normalized spacial score (nSPS) is 11.9. The average Bonchev–Trinajstić information content (AvgIpc) is 2.61. The van der Waals surface area contributed by atoms with Crippen LogP contribution in [0.15, 0.2) is 42.5 Å². The fraction of sp³-hybridized carbons (Fsp3) is 0.409. The Morgan fingerprint density at radius 2 is 1.50 bits per heavy atom. The zero-order chi connectivity index (χ0) is 20.9. The lowest BCUT2D eigenvalue weighted by molar-refractivity contribution is -0.176. The topological polar surface area (TPSA) is 38.3 Å². The van der Waals surface area contributed by atoms with Crippen LogP contribution >= 0.6 is 0 Å². The van der Waals surface area contributed by atoms with Crippen LogP contribution in [0.3, 0.4) is 0 Å². The molecule has 152 valence electrons. The van der Waals surface area contributed by atoms with Crippen LogP contribution < -0.4 is 5.32 Å². The number of anilines is 1. The summed E-state index contributed by atoms with van der Waals surface area (Å²) in [7, 11) is 0. The molecule has 0 spiro atoms.